The average Bonchev–Trinajstić information content (AvgIpc) is 2.78. The second-order valence-electron chi connectivity index (χ2n) is 5.68. The molecule has 0 bridgehead atoms. The summed E-state index contributed by atoms with van der Waals surface area (Å²) in [5, 5.41) is 4.49. The van der Waals surface area contributed by atoms with Gasteiger partial charge >= 0.3 is 0 Å². The lowest BCUT2D eigenvalue weighted by atomic mass is 10.1. The van der Waals surface area contributed by atoms with Crippen molar-refractivity contribution in [3.8, 4) is 0 Å². The minimum atomic E-state index is 0.325. The maximum Gasteiger partial charge on any atom is 0.0826 e. The molecule has 1 aromatic carbocycles. The molecule has 3 rings (SSSR count). The third-order valence-electron chi connectivity index (χ3n) is 4.08. The van der Waals surface area contributed by atoms with Crippen molar-refractivity contribution in [3.05, 3.63) is 34.3 Å². The molecule has 0 radical (unpaired) electrons. The van der Waals surface area contributed by atoms with Gasteiger partial charge in [-0.3, -0.25) is 0 Å². The Morgan fingerprint density at radius 3 is 3.05 bits per heavy atom. The minimum Gasteiger partial charge on any atom is -0.374 e. The first-order valence-electron chi connectivity index (χ1n) is 7.01. The molecule has 0 spiro atoms. The zero-order valence-electron chi connectivity index (χ0n) is 11.4. The van der Waals surface area contributed by atoms with Crippen LogP contribution in [0.15, 0.2) is 18.2 Å². The number of rotatable bonds is 3. The molecule has 3 nitrogen and oxygen atoms in total. The molecular weight excluding hydrogens is 260 g/mol. The number of hydrogen-bond acceptors (Lipinski definition) is 3. The molecule has 2 unspecified atom stereocenters. The lowest BCUT2D eigenvalue weighted by Gasteiger charge is -2.31. The number of likely N-dealkylation sites (N-methyl/N-ethyl adjacent to an activating group) is 1. The van der Waals surface area contributed by atoms with Crippen LogP contribution < -0.4 is 5.32 Å². The van der Waals surface area contributed by atoms with E-state index >= 15 is 0 Å². The summed E-state index contributed by atoms with van der Waals surface area (Å²) in [5.41, 5.74) is 2.83. The molecule has 1 N–H and O–H groups in total. The second-order valence-corrected chi connectivity index (χ2v) is 6.12. The van der Waals surface area contributed by atoms with Crippen LogP contribution in [0.3, 0.4) is 0 Å². The summed E-state index contributed by atoms with van der Waals surface area (Å²) < 4.78 is 5.78. The minimum absolute atomic E-state index is 0.325. The summed E-state index contributed by atoms with van der Waals surface area (Å²) in [7, 11) is 2.16. The van der Waals surface area contributed by atoms with Crippen LogP contribution in [0, 0.1) is 0 Å². The number of benzene rings is 1. The average molecular weight is 281 g/mol. The highest BCUT2D eigenvalue weighted by Gasteiger charge is 2.23. The van der Waals surface area contributed by atoms with Crippen molar-refractivity contribution in [1.82, 2.24) is 10.2 Å². The van der Waals surface area contributed by atoms with Crippen molar-refractivity contribution >= 4 is 11.6 Å². The monoisotopic (exact) mass is 280 g/mol. The fraction of sp³-hybridized carbons (Fsp3) is 0.600. The largest absolute Gasteiger partial charge is 0.374 e. The van der Waals surface area contributed by atoms with Crippen molar-refractivity contribution in [2.24, 2.45) is 0 Å². The van der Waals surface area contributed by atoms with Crippen molar-refractivity contribution in [2.75, 3.05) is 33.3 Å². The van der Waals surface area contributed by atoms with Crippen LogP contribution in [0.1, 0.15) is 11.1 Å². The summed E-state index contributed by atoms with van der Waals surface area (Å²) in [5.74, 6) is 0. The van der Waals surface area contributed by atoms with E-state index in [9.17, 15) is 0 Å². The maximum atomic E-state index is 6.04. The number of nitrogens with zero attached hydrogens (tertiary/aromatic N) is 1. The lowest BCUT2D eigenvalue weighted by Crippen LogP contribution is -2.47. The second kappa shape index (κ2) is 5.80. The van der Waals surface area contributed by atoms with Crippen molar-refractivity contribution in [2.45, 2.75) is 25.0 Å². The van der Waals surface area contributed by atoms with Gasteiger partial charge in [0.2, 0.25) is 0 Å². The van der Waals surface area contributed by atoms with E-state index < -0.39 is 0 Å². The Labute approximate surface area is 119 Å². The predicted octanol–water partition coefficient (Wildman–Crippen LogP) is 1.73. The molecule has 1 heterocycles. The smallest absolute Gasteiger partial charge is 0.0826 e. The SMILES string of the molecule is CN1CCOC(CNC2Cc3ccc(Cl)cc3C2)C1. The predicted molar refractivity (Wildman–Crippen MR) is 77.9 cm³/mol. The van der Waals surface area contributed by atoms with Gasteiger partial charge in [0.15, 0.2) is 0 Å². The van der Waals surface area contributed by atoms with Gasteiger partial charge in [-0.05, 0) is 43.1 Å². The molecule has 1 aliphatic carbocycles. The summed E-state index contributed by atoms with van der Waals surface area (Å²) >= 11 is 6.04. The Balaban J connectivity index is 1.50. The number of morpholine rings is 1. The topological polar surface area (TPSA) is 24.5 Å². The molecule has 1 fully saturated rings. The van der Waals surface area contributed by atoms with Gasteiger partial charge in [-0.15, -0.1) is 0 Å². The maximum absolute atomic E-state index is 6.04. The fourth-order valence-electron chi connectivity index (χ4n) is 3.02. The molecule has 2 atom stereocenters. The van der Waals surface area contributed by atoms with Crippen molar-refractivity contribution < 1.29 is 4.74 Å². The van der Waals surface area contributed by atoms with Gasteiger partial charge in [0.1, 0.15) is 0 Å². The summed E-state index contributed by atoms with van der Waals surface area (Å²) in [4.78, 5) is 2.33. The van der Waals surface area contributed by atoms with Crippen molar-refractivity contribution in [3.63, 3.8) is 0 Å². The van der Waals surface area contributed by atoms with Gasteiger partial charge in [0.25, 0.3) is 0 Å². The summed E-state index contributed by atoms with van der Waals surface area (Å²) in [6.45, 7) is 3.86. The van der Waals surface area contributed by atoms with Crippen LogP contribution in [0.4, 0.5) is 0 Å². The number of ether oxygens (including phenoxy) is 1. The fourth-order valence-corrected chi connectivity index (χ4v) is 3.21. The van der Waals surface area contributed by atoms with Crippen LogP contribution in [0.5, 0.6) is 0 Å². The molecule has 104 valence electrons. The van der Waals surface area contributed by atoms with Gasteiger partial charge in [-0.2, -0.15) is 0 Å². The highest BCUT2D eigenvalue weighted by Crippen LogP contribution is 2.25. The molecule has 0 saturated carbocycles. The lowest BCUT2D eigenvalue weighted by molar-refractivity contribution is -0.0191. The quantitative estimate of drug-likeness (QED) is 0.913. The van der Waals surface area contributed by atoms with E-state index in [0.717, 1.165) is 44.1 Å². The van der Waals surface area contributed by atoms with E-state index in [1.54, 1.807) is 0 Å². The highest BCUT2D eigenvalue weighted by molar-refractivity contribution is 6.30. The van der Waals surface area contributed by atoms with Gasteiger partial charge in [0.05, 0.1) is 12.7 Å². The highest BCUT2D eigenvalue weighted by atomic mass is 35.5. The van der Waals surface area contributed by atoms with E-state index in [4.69, 9.17) is 16.3 Å². The Morgan fingerprint density at radius 1 is 1.37 bits per heavy atom. The standard InChI is InChI=1S/C15H21ClN2O/c1-18-4-5-19-15(10-18)9-17-14-7-11-2-3-13(16)6-12(11)8-14/h2-3,6,14-15,17H,4-5,7-10H2,1H3. The van der Waals surface area contributed by atoms with E-state index in [2.05, 4.69) is 29.4 Å². The summed E-state index contributed by atoms with van der Waals surface area (Å²) in [6.07, 6.45) is 2.51. The molecule has 1 aromatic rings. The van der Waals surface area contributed by atoms with Gasteiger partial charge in [0, 0.05) is 30.7 Å². The number of fused-ring (bicyclic) bond motifs is 1. The van der Waals surface area contributed by atoms with Crippen LogP contribution >= 0.6 is 11.6 Å². The van der Waals surface area contributed by atoms with E-state index in [1.807, 2.05) is 6.07 Å². The Kier molecular flexibility index (Phi) is 4.08. The molecule has 0 amide bonds. The first-order chi connectivity index (χ1) is 9.20. The number of nitrogens with one attached hydrogen (secondary N) is 1. The van der Waals surface area contributed by atoms with Gasteiger partial charge in [-0.25, -0.2) is 0 Å². The normalized spacial score (nSPS) is 27.5. The third kappa shape index (κ3) is 3.29. The number of halogens is 1. The Morgan fingerprint density at radius 2 is 2.21 bits per heavy atom. The van der Waals surface area contributed by atoms with Crippen molar-refractivity contribution in [1.29, 1.82) is 0 Å². The number of hydrogen-bond donors (Lipinski definition) is 1. The van der Waals surface area contributed by atoms with E-state index in [0.29, 0.717) is 12.1 Å². The zero-order chi connectivity index (χ0) is 13.2. The molecule has 4 heteroatoms. The van der Waals surface area contributed by atoms with Crippen LogP contribution in [-0.4, -0.2) is 50.3 Å². The van der Waals surface area contributed by atoms with Crippen LogP contribution in [0.25, 0.3) is 0 Å². The van der Waals surface area contributed by atoms with Gasteiger partial charge < -0.3 is 15.0 Å². The molecule has 1 aliphatic heterocycles. The third-order valence-corrected chi connectivity index (χ3v) is 4.31. The first kappa shape index (κ1) is 13.4. The first-order valence-corrected chi connectivity index (χ1v) is 7.39. The molecule has 2 aliphatic rings. The summed E-state index contributed by atoms with van der Waals surface area (Å²) in [6, 6.07) is 6.78. The molecular formula is C15H21ClN2O. The van der Waals surface area contributed by atoms with Gasteiger partial charge in [-0.1, -0.05) is 17.7 Å². The van der Waals surface area contributed by atoms with Crippen LogP contribution in [-0.2, 0) is 17.6 Å². The molecule has 19 heavy (non-hydrogen) atoms. The van der Waals surface area contributed by atoms with E-state index in [-0.39, 0.29) is 0 Å². The Hall–Kier alpha value is -0.610. The van der Waals surface area contributed by atoms with E-state index in [1.165, 1.54) is 11.1 Å². The molecule has 1 saturated heterocycles. The zero-order valence-corrected chi connectivity index (χ0v) is 12.1. The Bertz CT molecular complexity index is 452. The molecule has 0 aromatic heterocycles. The van der Waals surface area contributed by atoms with Crippen LogP contribution in [0.2, 0.25) is 5.02 Å².